The van der Waals surface area contributed by atoms with Crippen molar-refractivity contribution in [1.82, 2.24) is 14.9 Å². The second-order valence-corrected chi connectivity index (χ2v) is 5.40. The van der Waals surface area contributed by atoms with Crippen LogP contribution in [0, 0.1) is 0 Å². The van der Waals surface area contributed by atoms with Crippen LogP contribution in [0.1, 0.15) is 5.56 Å². The fraction of sp³-hybridized carbons (Fsp3) is 0.312. The summed E-state index contributed by atoms with van der Waals surface area (Å²) in [4.78, 5) is 21.1. The van der Waals surface area contributed by atoms with Crippen molar-refractivity contribution in [3.63, 3.8) is 0 Å². The highest BCUT2D eigenvalue weighted by Gasteiger charge is 2.34. The molecule has 3 rings (SSSR count). The summed E-state index contributed by atoms with van der Waals surface area (Å²) in [6, 6.07) is 5.09. The van der Waals surface area contributed by atoms with Crippen LogP contribution in [-0.2, 0) is 11.0 Å². The summed E-state index contributed by atoms with van der Waals surface area (Å²) in [5, 5.41) is 0. The number of nitrogens with zero attached hydrogens (tertiary/aromatic N) is 3. The van der Waals surface area contributed by atoms with Gasteiger partial charge in [-0.05, 0) is 18.2 Å². The molecule has 2 aromatic heterocycles. The van der Waals surface area contributed by atoms with Crippen LogP contribution in [0.25, 0.3) is 0 Å². The Hall–Kier alpha value is -2.84. The molecular formula is C16H14F3N3O3. The first-order chi connectivity index (χ1) is 11.9. The number of aromatic nitrogens is 2. The van der Waals surface area contributed by atoms with E-state index in [1.807, 2.05) is 0 Å². The number of hydrogen-bond donors (Lipinski definition) is 0. The average molecular weight is 353 g/mol. The number of alkyl halides is 3. The number of likely N-dealkylation sites (tertiary alicyclic amines) is 1. The molecule has 0 saturated carbocycles. The molecule has 0 bridgehead atoms. The normalized spacial score (nSPS) is 14.8. The molecule has 0 aromatic carbocycles. The summed E-state index contributed by atoms with van der Waals surface area (Å²) in [6.07, 6.45) is -0.714. The van der Waals surface area contributed by atoms with Crippen LogP contribution >= 0.6 is 0 Å². The topological polar surface area (TPSA) is 64.5 Å². The van der Waals surface area contributed by atoms with Crippen LogP contribution in [-0.4, -0.2) is 46.6 Å². The Morgan fingerprint density at radius 3 is 2.76 bits per heavy atom. The van der Waals surface area contributed by atoms with E-state index in [0.29, 0.717) is 5.75 Å². The summed E-state index contributed by atoms with van der Waals surface area (Å²) in [6.45, 7) is 0.403. The third kappa shape index (κ3) is 4.37. The number of hydrogen-bond acceptors (Lipinski definition) is 5. The van der Waals surface area contributed by atoms with Gasteiger partial charge in [-0.3, -0.25) is 9.78 Å². The monoisotopic (exact) mass is 353 g/mol. The zero-order valence-corrected chi connectivity index (χ0v) is 12.9. The van der Waals surface area contributed by atoms with Gasteiger partial charge in [-0.25, -0.2) is 4.98 Å². The van der Waals surface area contributed by atoms with Crippen LogP contribution in [0.5, 0.6) is 11.6 Å². The standard InChI is InChI=1S/C16H14F3N3O3/c17-16(18,19)11-3-5-21-14(6-11)25-13-8-22(9-13)15(23)10-24-12-2-1-4-20-7-12/h1-7,13H,8-10H2. The van der Waals surface area contributed by atoms with Gasteiger partial charge >= 0.3 is 6.18 Å². The van der Waals surface area contributed by atoms with Crippen molar-refractivity contribution in [1.29, 1.82) is 0 Å². The van der Waals surface area contributed by atoms with Gasteiger partial charge in [0.2, 0.25) is 5.88 Å². The number of pyridine rings is 2. The number of carbonyl (C=O) groups is 1. The van der Waals surface area contributed by atoms with Crippen molar-refractivity contribution in [2.24, 2.45) is 0 Å². The molecule has 1 aliphatic rings. The van der Waals surface area contributed by atoms with Gasteiger partial charge in [-0.1, -0.05) is 0 Å². The van der Waals surface area contributed by atoms with Gasteiger partial charge in [0.25, 0.3) is 5.91 Å². The van der Waals surface area contributed by atoms with Crippen LogP contribution in [0.3, 0.4) is 0 Å². The molecular weight excluding hydrogens is 339 g/mol. The van der Waals surface area contributed by atoms with E-state index in [1.165, 1.54) is 11.1 Å². The molecule has 25 heavy (non-hydrogen) atoms. The Bertz CT molecular complexity index is 734. The molecule has 0 atom stereocenters. The first kappa shape index (κ1) is 17.0. The number of amides is 1. The van der Waals surface area contributed by atoms with E-state index in [1.54, 1.807) is 18.3 Å². The van der Waals surface area contributed by atoms with Gasteiger partial charge in [0.1, 0.15) is 11.9 Å². The number of ether oxygens (including phenoxy) is 2. The maximum atomic E-state index is 12.6. The highest BCUT2D eigenvalue weighted by atomic mass is 19.4. The molecule has 1 aliphatic heterocycles. The van der Waals surface area contributed by atoms with E-state index in [-0.39, 0.29) is 31.5 Å². The molecule has 0 spiro atoms. The summed E-state index contributed by atoms with van der Waals surface area (Å²) >= 11 is 0. The largest absolute Gasteiger partial charge is 0.482 e. The molecule has 3 heterocycles. The minimum Gasteiger partial charge on any atom is -0.482 e. The number of carbonyl (C=O) groups excluding carboxylic acids is 1. The predicted octanol–water partition coefficient (Wildman–Crippen LogP) is 2.16. The Labute approximate surface area is 141 Å². The molecule has 9 heteroatoms. The van der Waals surface area contributed by atoms with E-state index >= 15 is 0 Å². The van der Waals surface area contributed by atoms with E-state index < -0.39 is 17.8 Å². The van der Waals surface area contributed by atoms with Gasteiger partial charge in [0.05, 0.1) is 24.8 Å². The van der Waals surface area contributed by atoms with E-state index in [4.69, 9.17) is 9.47 Å². The molecule has 0 N–H and O–H groups in total. The third-order valence-electron chi connectivity index (χ3n) is 3.55. The number of rotatable bonds is 5. The van der Waals surface area contributed by atoms with Crippen molar-refractivity contribution >= 4 is 5.91 Å². The highest BCUT2D eigenvalue weighted by molar-refractivity contribution is 5.78. The Morgan fingerprint density at radius 2 is 2.08 bits per heavy atom. The van der Waals surface area contributed by atoms with E-state index in [0.717, 1.165) is 18.3 Å². The SMILES string of the molecule is O=C(COc1cccnc1)N1CC(Oc2cc(C(F)(F)F)ccn2)C1. The van der Waals surface area contributed by atoms with Crippen molar-refractivity contribution in [3.8, 4) is 11.6 Å². The lowest BCUT2D eigenvalue weighted by atomic mass is 10.1. The first-order valence-electron chi connectivity index (χ1n) is 7.42. The fourth-order valence-corrected chi connectivity index (χ4v) is 2.21. The molecule has 1 fully saturated rings. The Morgan fingerprint density at radius 1 is 1.28 bits per heavy atom. The molecule has 0 radical (unpaired) electrons. The minimum atomic E-state index is -4.45. The molecule has 0 unspecified atom stereocenters. The summed E-state index contributed by atoms with van der Waals surface area (Å²) in [7, 11) is 0. The smallest absolute Gasteiger partial charge is 0.416 e. The molecule has 1 amide bonds. The van der Waals surface area contributed by atoms with Gasteiger partial charge in [0.15, 0.2) is 6.61 Å². The molecule has 2 aromatic rings. The quantitative estimate of drug-likeness (QED) is 0.824. The van der Waals surface area contributed by atoms with Crippen molar-refractivity contribution < 1.29 is 27.4 Å². The second kappa shape index (κ2) is 6.96. The zero-order valence-electron chi connectivity index (χ0n) is 12.9. The van der Waals surface area contributed by atoms with Crippen LogP contribution in [0.15, 0.2) is 42.9 Å². The van der Waals surface area contributed by atoms with Gasteiger partial charge < -0.3 is 14.4 Å². The second-order valence-electron chi connectivity index (χ2n) is 5.40. The number of halogens is 3. The first-order valence-corrected chi connectivity index (χ1v) is 7.42. The van der Waals surface area contributed by atoms with E-state index in [9.17, 15) is 18.0 Å². The fourth-order valence-electron chi connectivity index (χ4n) is 2.21. The summed E-state index contributed by atoms with van der Waals surface area (Å²) < 4.78 is 48.6. The summed E-state index contributed by atoms with van der Waals surface area (Å²) in [5.41, 5.74) is -0.824. The zero-order chi connectivity index (χ0) is 17.9. The lowest BCUT2D eigenvalue weighted by molar-refractivity contribution is -0.142. The molecule has 6 nitrogen and oxygen atoms in total. The van der Waals surface area contributed by atoms with Crippen LogP contribution in [0.2, 0.25) is 0 Å². The van der Waals surface area contributed by atoms with E-state index in [2.05, 4.69) is 9.97 Å². The lowest BCUT2D eigenvalue weighted by Crippen LogP contribution is -2.57. The maximum absolute atomic E-state index is 12.6. The lowest BCUT2D eigenvalue weighted by Gasteiger charge is -2.38. The van der Waals surface area contributed by atoms with Crippen LogP contribution < -0.4 is 9.47 Å². The third-order valence-corrected chi connectivity index (χ3v) is 3.55. The predicted molar refractivity (Wildman–Crippen MR) is 80.0 cm³/mol. The van der Waals surface area contributed by atoms with Crippen molar-refractivity contribution in [2.75, 3.05) is 19.7 Å². The Balaban J connectivity index is 1.46. The van der Waals surface area contributed by atoms with Crippen LogP contribution in [0.4, 0.5) is 13.2 Å². The average Bonchev–Trinajstić information content (AvgIpc) is 2.56. The molecule has 0 aliphatic carbocycles. The minimum absolute atomic E-state index is 0.112. The van der Waals surface area contributed by atoms with Gasteiger partial charge in [-0.15, -0.1) is 0 Å². The Kier molecular flexibility index (Phi) is 4.73. The van der Waals surface area contributed by atoms with Crippen molar-refractivity contribution in [2.45, 2.75) is 12.3 Å². The molecule has 132 valence electrons. The molecule has 1 saturated heterocycles. The van der Waals surface area contributed by atoms with Gasteiger partial charge in [0, 0.05) is 18.5 Å². The summed E-state index contributed by atoms with van der Waals surface area (Å²) in [5.74, 6) is 0.136. The van der Waals surface area contributed by atoms with Gasteiger partial charge in [-0.2, -0.15) is 13.2 Å². The van der Waals surface area contributed by atoms with Crippen molar-refractivity contribution in [3.05, 3.63) is 48.4 Å². The maximum Gasteiger partial charge on any atom is 0.416 e. The highest BCUT2D eigenvalue weighted by Crippen LogP contribution is 2.31.